The van der Waals surface area contributed by atoms with Crippen molar-refractivity contribution < 1.29 is 19.1 Å². The van der Waals surface area contributed by atoms with E-state index in [1.807, 2.05) is 13.8 Å². The molecule has 2 N–H and O–H groups in total. The Balaban J connectivity index is 2.76. The molecule has 1 aromatic carbocycles. The van der Waals surface area contributed by atoms with E-state index in [4.69, 9.17) is 16.3 Å². The minimum absolute atomic E-state index is 0.142. The van der Waals surface area contributed by atoms with E-state index in [-0.39, 0.29) is 12.5 Å². The fourth-order valence-electron chi connectivity index (χ4n) is 2.15. The molecular formula is C19H25ClN2O4. The van der Waals surface area contributed by atoms with Gasteiger partial charge in [0.1, 0.15) is 6.04 Å². The molecule has 2 atom stereocenters. The first-order valence-electron chi connectivity index (χ1n) is 8.40. The highest BCUT2D eigenvalue weighted by Crippen LogP contribution is 2.12. The normalized spacial score (nSPS) is 12.8. The van der Waals surface area contributed by atoms with Crippen LogP contribution >= 0.6 is 11.6 Å². The van der Waals surface area contributed by atoms with Gasteiger partial charge < -0.3 is 15.4 Å². The molecule has 2 amide bonds. The largest absolute Gasteiger partial charge is 0.451 e. The minimum atomic E-state index is -0.968. The monoisotopic (exact) mass is 380 g/mol. The number of nitrogens with one attached hydrogen (secondary N) is 2. The molecule has 0 aliphatic rings. The zero-order valence-corrected chi connectivity index (χ0v) is 16.0. The highest BCUT2D eigenvalue weighted by Gasteiger charge is 2.27. The lowest BCUT2D eigenvalue weighted by Crippen LogP contribution is -2.45. The molecule has 0 fully saturated rings. The summed E-state index contributed by atoms with van der Waals surface area (Å²) in [5, 5.41) is 5.73. The Kier molecular flexibility index (Phi) is 8.85. The molecule has 0 saturated carbocycles. The Morgan fingerprint density at radius 2 is 1.81 bits per heavy atom. The van der Waals surface area contributed by atoms with E-state index in [0.29, 0.717) is 17.0 Å². The molecule has 0 aliphatic heterocycles. The number of ether oxygens (including phenoxy) is 1. The summed E-state index contributed by atoms with van der Waals surface area (Å²) in [6.45, 7) is 9.11. The first-order valence-corrected chi connectivity index (χ1v) is 8.78. The number of hydrogen-bond acceptors (Lipinski definition) is 4. The lowest BCUT2D eigenvalue weighted by atomic mass is 10.0. The summed E-state index contributed by atoms with van der Waals surface area (Å²) in [5.74, 6) is -1.34. The van der Waals surface area contributed by atoms with Crippen LogP contribution in [-0.2, 0) is 14.3 Å². The number of amides is 2. The maximum Gasteiger partial charge on any atom is 0.329 e. The Hall–Kier alpha value is -2.34. The highest BCUT2D eigenvalue weighted by molar-refractivity contribution is 6.30. The maximum absolute atomic E-state index is 12.4. The van der Waals surface area contributed by atoms with Crippen LogP contribution in [0.2, 0.25) is 5.02 Å². The van der Waals surface area contributed by atoms with Gasteiger partial charge in [-0.15, -0.1) is 6.58 Å². The van der Waals surface area contributed by atoms with Crippen LogP contribution in [0.3, 0.4) is 0 Å². The van der Waals surface area contributed by atoms with Crippen molar-refractivity contribution >= 4 is 29.4 Å². The Bertz CT molecular complexity index is 643. The van der Waals surface area contributed by atoms with Crippen molar-refractivity contribution in [2.75, 3.05) is 6.54 Å². The van der Waals surface area contributed by atoms with Gasteiger partial charge >= 0.3 is 5.97 Å². The van der Waals surface area contributed by atoms with Gasteiger partial charge in [0, 0.05) is 17.1 Å². The highest BCUT2D eigenvalue weighted by atomic mass is 35.5. The third-order valence-corrected chi connectivity index (χ3v) is 3.74. The van der Waals surface area contributed by atoms with Gasteiger partial charge in [0.25, 0.3) is 11.8 Å². The van der Waals surface area contributed by atoms with E-state index >= 15 is 0 Å². The molecule has 0 spiro atoms. The molecule has 1 aromatic rings. The summed E-state index contributed by atoms with van der Waals surface area (Å²) >= 11 is 5.81. The molecule has 0 heterocycles. The van der Waals surface area contributed by atoms with Crippen molar-refractivity contribution in [3.05, 3.63) is 47.5 Å². The third kappa shape index (κ3) is 7.27. The van der Waals surface area contributed by atoms with Crippen LogP contribution < -0.4 is 10.6 Å². The average Bonchev–Trinajstić information content (AvgIpc) is 2.58. The molecule has 6 nitrogen and oxygen atoms in total. The van der Waals surface area contributed by atoms with Gasteiger partial charge in [-0.1, -0.05) is 31.5 Å². The van der Waals surface area contributed by atoms with Crippen LogP contribution in [0.1, 0.15) is 37.6 Å². The van der Waals surface area contributed by atoms with Gasteiger partial charge in [0.15, 0.2) is 6.10 Å². The molecule has 1 rings (SSSR count). The summed E-state index contributed by atoms with van der Waals surface area (Å²) in [5.41, 5.74) is 0.382. The van der Waals surface area contributed by atoms with E-state index < -0.39 is 29.9 Å². The first kappa shape index (κ1) is 21.7. The Morgan fingerprint density at radius 3 is 2.35 bits per heavy atom. The maximum atomic E-state index is 12.4. The SMILES string of the molecule is C=CCNC(=O)[C@H](C)OC(=O)[C@@H](CC(C)C)NC(=O)c1ccc(Cl)cc1. The van der Waals surface area contributed by atoms with Gasteiger partial charge in [-0.2, -0.15) is 0 Å². The summed E-state index contributed by atoms with van der Waals surface area (Å²) in [6.07, 6.45) is 0.948. The van der Waals surface area contributed by atoms with Crippen molar-refractivity contribution in [3.8, 4) is 0 Å². The summed E-state index contributed by atoms with van der Waals surface area (Å²) in [7, 11) is 0. The van der Waals surface area contributed by atoms with Crippen LogP contribution in [0.15, 0.2) is 36.9 Å². The van der Waals surface area contributed by atoms with Gasteiger partial charge in [-0.05, 0) is 43.5 Å². The minimum Gasteiger partial charge on any atom is -0.451 e. The van der Waals surface area contributed by atoms with Gasteiger partial charge in [-0.25, -0.2) is 4.79 Å². The summed E-state index contributed by atoms with van der Waals surface area (Å²) in [6, 6.07) is 5.48. The Labute approximate surface area is 158 Å². The van der Waals surface area contributed by atoms with Gasteiger partial charge in [0.2, 0.25) is 0 Å². The number of carbonyl (C=O) groups excluding carboxylic acids is 3. The number of carbonyl (C=O) groups is 3. The van der Waals surface area contributed by atoms with Gasteiger partial charge in [0.05, 0.1) is 0 Å². The number of esters is 1. The molecule has 26 heavy (non-hydrogen) atoms. The fraction of sp³-hybridized carbons (Fsp3) is 0.421. The van der Waals surface area contributed by atoms with Gasteiger partial charge in [-0.3, -0.25) is 9.59 Å². The van der Waals surface area contributed by atoms with Crippen LogP contribution in [0.25, 0.3) is 0 Å². The Morgan fingerprint density at radius 1 is 1.19 bits per heavy atom. The first-order chi connectivity index (χ1) is 12.2. The van der Waals surface area contributed by atoms with Crippen molar-refractivity contribution in [2.45, 2.75) is 39.3 Å². The topological polar surface area (TPSA) is 84.5 Å². The van der Waals surface area contributed by atoms with E-state index in [2.05, 4.69) is 17.2 Å². The van der Waals surface area contributed by atoms with Crippen molar-refractivity contribution in [1.82, 2.24) is 10.6 Å². The van der Waals surface area contributed by atoms with E-state index in [1.165, 1.54) is 13.0 Å². The zero-order valence-electron chi connectivity index (χ0n) is 15.3. The molecular weight excluding hydrogens is 356 g/mol. The van der Waals surface area contributed by atoms with Crippen LogP contribution in [0.5, 0.6) is 0 Å². The molecule has 0 unspecified atom stereocenters. The second-order valence-electron chi connectivity index (χ2n) is 6.28. The second-order valence-corrected chi connectivity index (χ2v) is 6.71. The zero-order chi connectivity index (χ0) is 19.7. The smallest absolute Gasteiger partial charge is 0.329 e. The number of benzene rings is 1. The molecule has 0 bridgehead atoms. The van der Waals surface area contributed by atoms with E-state index in [9.17, 15) is 14.4 Å². The predicted octanol–water partition coefficient (Wildman–Crippen LogP) is 2.72. The molecule has 0 aromatic heterocycles. The van der Waals surface area contributed by atoms with Crippen molar-refractivity contribution in [3.63, 3.8) is 0 Å². The van der Waals surface area contributed by atoms with Crippen molar-refractivity contribution in [2.24, 2.45) is 5.92 Å². The van der Waals surface area contributed by atoms with E-state index in [1.54, 1.807) is 24.3 Å². The van der Waals surface area contributed by atoms with Crippen LogP contribution in [-0.4, -0.2) is 36.5 Å². The molecule has 7 heteroatoms. The van der Waals surface area contributed by atoms with Crippen LogP contribution in [0, 0.1) is 5.92 Å². The molecule has 0 saturated heterocycles. The standard InChI is InChI=1S/C19H25ClN2O4/c1-5-10-21-17(23)13(4)26-19(25)16(11-12(2)3)22-18(24)14-6-8-15(20)9-7-14/h5-9,12-13,16H,1,10-11H2,2-4H3,(H,21,23)(H,22,24)/t13-,16+/m0/s1. The molecule has 0 aliphatic carbocycles. The second kappa shape index (κ2) is 10.6. The third-order valence-electron chi connectivity index (χ3n) is 3.49. The molecule has 0 radical (unpaired) electrons. The average molecular weight is 381 g/mol. The lowest BCUT2D eigenvalue weighted by Gasteiger charge is -2.21. The summed E-state index contributed by atoms with van der Waals surface area (Å²) in [4.78, 5) is 36.6. The number of halogens is 1. The number of rotatable bonds is 9. The van der Waals surface area contributed by atoms with Crippen LogP contribution in [0.4, 0.5) is 0 Å². The summed E-state index contributed by atoms with van der Waals surface area (Å²) < 4.78 is 5.21. The molecule has 142 valence electrons. The lowest BCUT2D eigenvalue weighted by molar-refractivity contribution is -0.156. The predicted molar refractivity (Wildman–Crippen MR) is 101 cm³/mol. The van der Waals surface area contributed by atoms with Crippen molar-refractivity contribution in [1.29, 1.82) is 0 Å². The quantitative estimate of drug-likeness (QED) is 0.509. The van der Waals surface area contributed by atoms with E-state index in [0.717, 1.165) is 0 Å². The number of hydrogen-bond donors (Lipinski definition) is 2. The fourth-order valence-corrected chi connectivity index (χ4v) is 2.28.